The van der Waals surface area contributed by atoms with Crippen LogP contribution in [0.2, 0.25) is 0 Å². The monoisotopic (exact) mass is 365 g/mol. The number of aromatic nitrogens is 2. The third-order valence-electron chi connectivity index (χ3n) is 6.35. The predicted octanol–water partition coefficient (Wildman–Crippen LogP) is 2.85. The molecule has 0 spiro atoms. The average Bonchev–Trinajstić information content (AvgIpc) is 2.55. The smallest absolute Gasteiger partial charge is 0.325 e. The maximum atomic E-state index is 12.2. The second kappa shape index (κ2) is 7.68. The van der Waals surface area contributed by atoms with Gasteiger partial charge in [-0.05, 0) is 36.5 Å². The van der Waals surface area contributed by atoms with E-state index in [2.05, 4.69) is 45.0 Å². The SMILES string of the molecule is CCOc1nn(CC(=O)O)c(=O)cc1N[C@@H]1C[C@H](C)C(C)(C)[C@H](C)[C@H]1C. The molecule has 1 aliphatic rings. The van der Waals surface area contributed by atoms with Crippen molar-refractivity contribution in [1.29, 1.82) is 0 Å². The van der Waals surface area contributed by atoms with Crippen molar-refractivity contribution >= 4 is 11.7 Å². The summed E-state index contributed by atoms with van der Waals surface area (Å²) in [4.78, 5) is 23.1. The van der Waals surface area contributed by atoms with Crippen molar-refractivity contribution in [2.75, 3.05) is 11.9 Å². The van der Waals surface area contributed by atoms with Gasteiger partial charge in [-0.1, -0.05) is 34.6 Å². The van der Waals surface area contributed by atoms with E-state index in [-0.39, 0.29) is 17.3 Å². The molecule has 0 amide bonds. The Balaban J connectivity index is 2.32. The zero-order chi connectivity index (χ0) is 19.6. The van der Waals surface area contributed by atoms with Crippen LogP contribution in [0, 0.1) is 23.2 Å². The summed E-state index contributed by atoms with van der Waals surface area (Å²) in [6, 6.07) is 1.59. The lowest BCUT2D eigenvalue weighted by atomic mass is 9.58. The first-order valence-corrected chi connectivity index (χ1v) is 9.31. The molecule has 1 heterocycles. The molecule has 0 aliphatic heterocycles. The highest BCUT2D eigenvalue weighted by molar-refractivity contribution is 5.66. The fourth-order valence-corrected chi connectivity index (χ4v) is 3.82. The van der Waals surface area contributed by atoms with E-state index in [1.54, 1.807) is 0 Å². The molecule has 0 bridgehead atoms. The molecular formula is C19H31N3O4. The number of carboxylic acids is 1. The highest BCUT2D eigenvalue weighted by Crippen LogP contribution is 2.48. The number of anilines is 1. The van der Waals surface area contributed by atoms with Crippen molar-refractivity contribution < 1.29 is 14.6 Å². The summed E-state index contributed by atoms with van der Waals surface area (Å²) in [5, 5.41) is 16.5. The van der Waals surface area contributed by atoms with Gasteiger partial charge in [0.15, 0.2) is 0 Å². The topological polar surface area (TPSA) is 93.5 Å². The van der Waals surface area contributed by atoms with E-state index in [1.165, 1.54) is 6.07 Å². The molecule has 7 nitrogen and oxygen atoms in total. The summed E-state index contributed by atoms with van der Waals surface area (Å²) in [6.07, 6.45) is 0.988. The fourth-order valence-electron chi connectivity index (χ4n) is 3.82. The molecule has 4 atom stereocenters. The van der Waals surface area contributed by atoms with Gasteiger partial charge < -0.3 is 15.2 Å². The second-order valence-electron chi connectivity index (χ2n) is 8.04. The van der Waals surface area contributed by atoms with Crippen LogP contribution in [0.15, 0.2) is 10.9 Å². The molecule has 0 aromatic carbocycles. The van der Waals surface area contributed by atoms with Crippen LogP contribution in [-0.2, 0) is 11.3 Å². The molecule has 1 fully saturated rings. The number of hydrogen-bond donors (Lipinski definition) is 2. The first-order valence-electron chi connectivity index (χ1n) is 9.31. The van der Waals surface area contributed by atoms with E-state index in [4.69, 9.17) is 9.84 Å². The van der Waals surface area contributed by atoms with Gasteiger partial charge in [-0.15, -0.1) is 5.10 Å². The van der Waals surface area contributed by atoms with Crippen molar-refractivity contribution in [3.63, 3.8) is 0 Å². The molecule has 1 aliphatic carbocycles. The molecular weight excluding hydrogens is 334 g/mol. The fraction of sp³-hybridized carbons (Fsp3) is 0.737. The number of carboxylic acid groups (broad SMARTS) is 1. The number of rotatable bonds is 6. The Kier molecular flexibility index (Phi) is 5.98. The van der Waals surface area contributed by atoms with Crippen LogP contribution in [0.3, 0.4) is 0 Å². The largest absolute Gasteiger partial charge is 0.480 e. The minimum atomic E-state index is -1.12. The van der Waals surface area contributed by atoms with Crippen molar-refractivity contribution in [1.82, 2.24) is 9.78 Å². The van der Waals surface area contributed by atoms with Gasteiger partial charge in [0.05, 0.1) is 6.61 Å². The quantitative estimate of drug-likeness (QED) is 0.805. The van der Waals surface area contributed by atoms with Crippen LogP contribution in [-0.4, -0.2) is 33.5 Å². The zero-order valence-corrected chi connectivity index (χ0v) is 16.6. The number of hydrogen-bond acceptors (Lipinski definition) is 5. The van der Waals surface area contributed by atoms with E-state index in [9.17, 15) is 9.59 Å². The average molecular weight is 365 g/mol. The number of aliphatic carboxylic acids is 1. The molecule has 1 saturated carbocycles. The highest BCUT2D eigenvalue weighted by Gasteiger charge is 2.43. The summed E-state index contributed by atoms with van der Waals surface area (Å²) >= 11 is 0. The maximum Gasteiger partial charge on any atom is 0.325 e. The molecule has 0 unspecified atom stereocenters. The van der Waals surface area contributed by atoms with Crippen LogP contribution in [0.1, 0.15) is 48.0 Å². The van der Waals surface area contributed by atoms with Crippen LogP contribution in [0.25, 0.3) is 0 Å². The lowest BCUT2D eigenvalue weighted by Crippen LogP contribution is -2.48. The van der Waals surface area contributed by atoms with Gasteiger partial charge in [-0.2, -0.15) is 0 Å². The van der Waals surface area contributed by atoms with Crippen LogP contribution in [0.4, 0.5) is 5.69 Å². The number of carbonyl (C=O) groups is 1. The summed E-state index contributed by atoms with van der Waals surface area (Å²) in [5.74, 6) is 0.609. The molecule has 1 aromatic heterocycles. The van der Waals surface area contributed by atoms with Crippen molar-refractivity contribution in [3.8, 4) is 5.88 Å². The molecule has 0 saturated heterocycles. The Morgan fingerprint density at radius 2 is 2.08 bits per heavy atom. The first kappa shape index (κ1) is 20.3. The molecule has 26 heavy (non-hydrogen) atoms. The molecule has 146 valence electrons. The van der Waals surface area contributed by atoms with Crippen molar-refractivity contribution in [2.24, 2.45) is 23.2 Å². The lowest BCUT2D eigenvalue weighted by molar-refractivity contribution is -0.138. The van der Waals surface area contributed by atoms with Gasteiger partial charge >= 0.3 is 5.97 Å². The normalized spacial score (nSPS) is 27.8. The third-order valence-corrected chi connectivity index (χ3v) is 6.35. The Labute approximate surface area is 154 Å². The number of ether oxygens (including phenoxy) is 1. The Morgan fingerprint density at radius 3 is 2.65 bits per heavy atom. The zero-order valence-electron chi connectivity index (χ0n) is 16.6. The third kappa shape index (κ3) is 4.02. The van der Waals surface area contributed by atoms with Crippen LogP contribution >= 0.6 is 0 Å². The van der Waals surface area contributed by atoms with E-state index in [1.807, 2.05) is 6.92 Å². The highest BCUT2D eigenvalue weighted by atomic mass is 16.5. The molecule has 0 radical (unpaired) electrons. The van der Waals surface area contributed by atoms with Crippen molar-refractivity contribution in [3.05, 3.63) is 16.4 Å². The minimum Gasteiger partial charge on any atom is -0.480 e. The van der Waals surface area contributed by atoms with Crippen LogP contribution < -0.4 is 15.6 Å². The van der Waals surface area contributed by atoms with E-state index >= 15 is 0 Å². The summed E-state index contributed by atoms with van der Waals surface area (Å²) < 4.78 is 6.47. The standard InChI is InChI=1S/C19H31N3O4/c1-7-26-18-15(9-16(23)22(21-18)10-17(24)25)20-14-8-11(2)19(5,6)13(4)12(14)3/h9,11-14,20H,7-8,10H2,1-6H3,(H,24,25)/t11-,12+,13+,14+/m0/s1. The second-order valence-corrected chi connectivity index (χ2v) is 8.04. The van der Waals surface area contributed by atoms with Gasteiger partial charge in [0.1, 0.15) is 12.2 Å². The summed E-state index contributed by atoms with van der Waals surface area (Å²) in [7, 11) is 0. The lowest BCUT2D eigenvalue weighted by Gasteiger charge is -2.50. The first-order chi connectivity index (χ1) is 12.1. The van der Waals surface area contributed by atoms with Gasteiger partial charge in [-0.3, -0.25) is 9.59 Å². The van der Waals surface area contributed by atoms with Gasteiger partial charge in [0.2, 0.25) is 0 Å². The van der Waals surface area contributed by atoms with Gasteiger partial charge in [0, 0.05) is 12.1 Å². The summed E-state index contributed by atoms with van der Waals surface area (Å²) in [5.41, 5.74) is 0.335. The minimum absolute atomic E-state index is 0.198. The molecule has 1 aromatic rings. The Hall–Kier alpha value is -2.05. The maximum absolute atomic E-state index is 12.2. The molecule has 2 N–H and O–H groups in total. The van der Waals surface area contributed by atoms with Crippen molar-refractivity contribution in [2.45, 2.75) is 60.5 Å². The van der Waals surface area contributed by atoms with E-state index in [0.29, 0.717) is 30.0 Å². The number of nitrogens with zero attached hydrogens (tertiary/aromatic N) is 2. The Bertz CT molecular complexity index is 713. The predicted molar refractivity (Wildman–Crippen MR) is 101 cm³/mol. The number of nitrogens with one attached hydrogen (secondary N) is 1. The van der Waals surface area contributed by atoms with E-state index < -0.39 is 18.1 Å². The van der Waals surface area contributed by atoms with Gasteiger partial charge in [0.25, 0.3) is 11.4 Å². The van der Waals surface area contributed by atoms with Gasteiger partial charge in [-0.25, -0.2) is 4.68 Å². The van der Waals surface area contributed by atoms with E-state index in [0.717, 1.165) is 11.1 Å². The molecule has 2 rings (SSSR count). The molecule has 7 heteroatoms. The summed E-state index contributed by atoms with van der Waals surface area (Å²) in [6.45, 7) is 13.1. The van der Waals surface area contributed by atoms with Crippen LogP contribution in [0.5, 0.6) is 5.88 Å². The Morgan fingerprint density at radius 1 is 1.42 bits per heavy atom.